The molecule has 2 atom stereocenters. The molecule has 3 aromatic heterocycles. The van der Waals surface area contributed by atoms with Gasteiger partial charge in [-0.2, -0.15) is 5.10 Å². The minimum Gasteiger partial charge on any atom is -0.387 e. The summed E-state index contributed by atoms with van der Waals surface area (Å²) in [6, 6.07) is 9.31. The number of aliphatic hydroxyl groups excluding tert-OH is 1. The molecular weight excluding hydrogens is 397 g/mol. The molecular formula is C23H22FN5O2. The maximum Gasteiger partial charge on any atom is 0.254 e. The highest BCUT2D eigenvalue weighted by Gasteiger charge is 2.19. The van der Waals surface area contributed by atoms with E-state index in [4.69, 9.17) is 0 Å². The highest BCUT2D eigenvalue weighted by atomic mass is 19.1. The SMILES string of the molecule is CCC(NC(=O)c1cncc2c1cnn2-c1ccc(F)cc1)c1ccnc(C(C)O)c1. The van der Waals surface area contributed by atoms with E-state index >= 15 is 0 Å². The summed E-state index contributed by atoms with van der Waals surface area (Å²) in [6.45, 7) is 3.62. The predicted octanol–water partition coefficient (Wildman–Crippen LogP) is 3.89. The molecule has 31 heavy (non-hydrogen) atoms. The van der Waals surface area contributed by atoms with Crippen LogP contribution in [0.15, 0.2) is 61.2 Å². The Bertz CT molecular complexity index is 1220. The first-order valence-corrected chi connectivity index (χ1v) is 10.0. The summed E-state index contributed by atoms with van der Waals surface area (Å²) >= 11 is 0. The molecule has 1 aromatic carbocycles. The number of carbonyl (C=O) groups excluding carboxylic acids is 1. The van der Waals surface area contributed by atoms with Crippen molar-refractivity contribution in [1.82, 2.24) is 25.1 Å². The fourth-order valence-corrected chi connectivity index (χ4v) is 3.48. The highest BCUT2D eigenvalue weighted by Crippen LogP contribution is 2.24. The van der Waals surface area contributed by atoms with Crippen molar-refractivity contribution < 1.29 is 14.3 Å². The normalized spacial score (nSPS) is 13.2. The number of aromatic nitrogens is 4. The van der Waals surface area contributed by atoms with Gasteiger partial charge in [-0.05, 0) is 55.3 Å². The van der Waals surface area contributed by atoms with Gasteiger partial charge in [0, 0.05) is 17.8 Å². The highest BCUT2D eigenvalue weighted by molar-refractivity contribution is 6.06. The van der Waals surface area contributed by atoms with Crippen LogP contribution < -0.4 is 5.32 Å². The minimum absolute atomic E-state index is 0.254. The summed E-state index contributed by atoms with van der Waals surface area (Å²) in [6.07, 6.45) is 6.33. The molecule has 4 aromatic rings. The Morgan fingerprint density at radius 1 is 1.19 bits per heavy atom. The van der Waals surface area contributed by atoms with E-state index in [1.807, 2.05) is 13.0 Å². The van der Waals surface area contributed by atoms with Gasteiger partial charge in [-0.1, -0.05) is 6.92 Å². The first kappa shape index (κ1) is 20.6. The zero-order valence-electron chi connectivity index (χ0n) is 17.2. The lowest BCUT2D eigenvalue weighted by molar-refractivity contribution is 0.0937. The molecule has 0 aliphatic rings. The third-order valence-electron chi connectivity index (χ3n) is 5.16. The van der Waals surface area contributed by atoms with Crippen molar-refractivity contribution in [2.75, 3.05) is 0 Å². The number of pyridine rings is 2. The number of benzene rings is 1. The number of halogens is 1. The topological polar surface area (TPSA) is 92.9 Å². The van der Waals surface area contributed by atoms with E-state index in [0.29, 0.717) is 34.3 Å². The molecule has 2 unspecified atom stereocenters. The second-order valence-corrected chi connectivity index (χ2v) is 7.28. The molecule has 0 radical (unpaired) electrons. The van der Waals surface area contributed by atoms with Gasteiger partial charge in [0.1, 0.15) is 5.82 Å². The average Bonchev–Trinajstić information content (AvgIpc) is 3.22. The first-order valence-electron chi connectivity index (χ1n) is 10.0. The molecule has 0 fully saturated rings. The fourth-order valence-electron chi connectivity index (χ4n) is 3.48. The molecule has 3 heterocycles. The van der Waals surface area contributed by atoms with Crippen molar-refractivity contribution in [3.8, 4) is 5.69 Å². The standard InChI is InChI=1S/C23H22FN5O2/c1-3-20(15-8-9-26-21(10-15)14(2)30)28-23(31)19-11-25-13-22-18(19)12-27-29(22)17-6-4-16(24)5-7-17/h4-14,20,30H,3H2,1-2H3,(H,28,31). The third kappa shape index (κ3) is 4.15. The van der Waals surface area contributed by atoms with Gasteiger partial charge in [-0.3, -0.25) is 14.8 Å². The van der Waals surface area contributed by atoms with Crippen LogP contribution in [0.25, 0.3) is 16.6 Å². The first-order chi connectivity index (χ1) is 15.0. The number of amides is 1. The minimum atomic E-state index is -0.691. The Morgan fingerprint density at radius 3 is 2.68 bits per heavy atom. The molecule has 8 heteroatoms. The van der Waals surface area contributed by atoms with Crippen LogP contribution >= 0.6 is 0 Å². The van der Waals surface area contributed by atoms with Gasteiger partial charge >= 0.3 is 0 Å². The van der Waals surface area contributed by atoms with Gasteiger partial charge in [-0.15, -0.1) is 0 Å². The molecule has 158 valence electrons. The summed E-state index contributed by atoms with van der Waals surface area (Å²) in [5, 5.41) is 17.9. The van der Waals surface area contributed by atoms with E-state index in [1.165, 1.54) is 18.3 Å². The number of aliphatic hydroxyl groups is 1. The molecule has 1 amide bonds. The number of fused-ring (bicyclic) bond motifs is 1. The van der Waals surface area contributed by atoms with Crippen molar-refractivity contribution in [2.24, 2.45) is 0 Å². The van der Waals surface area contributed by atoms with Crippen LogP contribution in [0.1, 0.15) is 54.0 Å². The lowest BCUT2D eigenvalue weighted by Crippen LogP contribution is -2.28. The van der Waals surface area contributed by atoms with Crippen LogP contribution in [0.5, 0.6) is 0 Å². The summed E-state index contributed by atoms with van der Waals surface area (Å²) in [5.41, 5.74) is 3.13. The van der Waals surface area contributed by atoms with Crippen LogP contribution in [-0.4, -0.2) is 30.8 Å². The largest absolute Gasteiger partial charge is 0.387 e. The second kappa shape index (κ2) is 8.61. The number of hydrogen-bond acceptors (Lipinski definition) is 5. The molecule has 0 saturated heterocycles. The Balaban J connectivity index is 1.64. The molecule has 0 bridgehead atoms. The smallest absolute Gasteiger partial charge is 0.254 e. The van der Waals surface area contributed by atoms with E-state index < -0.39 is 6.10 Å². The van der Waals surface area contributed by atoms with Gasteiger partial charge in [-0.25, -0.2) is 9.07 Å². The summed E-state index contributed by atoms with van der Waals surface area (Å²) < 4.78 is 14.9. The molecule has 4 rings (SSSR count). The van der Waals surface area contributed by atoms with E-state index in [9.17, 15) is 14.3 Å². The second-order valence-electron chi connectivity index (χ2n) is 7.28. The number of carbonyl (C=O) groups is 1. The molecule has 7 nitrogen and oxygen atoms in total. The van der Waals surface area contributed by atoms with Crippen molar-refractivity contribution in [3.05, 3.63) is 83.8 Å². The lowest BCUT2D eigenvalue weighted by Gasteiger charge is -2.18. The maximum atomic E-state index is 13.3. The summed E-state index contributed by atoms with van der Waals surface area (Å²) in [4.78, 5) is 21.5. The van der Waals surface area contributed by atoms with Gasteiger partial charge in [0.25, 0.3) is 5.91 Å². The van der Waals surface area contributed by atoms with Crippen molar-refractivity contribution in [1.29, 1.82) is 0 Å². The molecule has 0 aliphatic carbocycles. The van der Waals surface area contributed by atoms with Crippen LogP contribution in [0.4, 0.5) is 4.39 Å². The van der Waals surface area contributed by atoms with Gasteiger partial charge in [0.05, 0.1) is 47.0 Å². The molecule has 0 spiro atoms. The predicted molar refractivity (Wildman–Crippen MR) is 114 cm³/mol. The van der Waals surface area contributed by atoms with Crippen LogP contribution in [-0.2, 0) is 0 Å². The summed E-state index contributed by atoms with van der Waals surface area (Å²) in [7, 11) is 0. The number of hydrogen-bond donors (Lipinski definition) is 2. The zero-order chi connectivity index (χ0) is 22.0. The number of nitrogens with one attached hydrogen (secondary N) is 1. The van der Waals surface area contributed by atoms with E-state index in [1.54, 1.807) is 48.4 Å². The van der Waals surface area contributed by atoms with E-state index in [0.717, 1.165) is 5.56 Å². The summed E-state index contributed by atoms with van der Waals surface area (Å²) in [5.74, 6) is -0.613. The Kier molecular flexibility index (Phi) is 5.73. The monoisotopic (exact) mass is 419 g/mol. The maximum absolute atomic E-state index is 13.3. The van der Waals surface area contributed by atoms with Crippen LogP contribution in [0.3, 0.4) is 0 Å². The van der Waals surface area contributed by atoms with E-state index in [-0.39, 0.29) is 17.8 Å². The van der Waals surface area contributed by atoms with Crippen LogP contribution in [0.2, 0.25) is 0 Å². The van der Waals surface area contributed by atoms with Gasteiger partial charge in [0.15, 0.2) is 0 Å². The Labute approximate surface area is 178 Å². The Hall–Kier alpha value is -3.65. The van der Waals surface area contributed by atoms with Crippen LogP contribution in [0, 0.1) is 5.82 Å². The van der Waals surface area contributed by atoms with Crippen molar-refractivity contribution in [3.63, 3.8) is 0 Å². The van der Waals surface area contributed by atoms with Crippen molar-refractivity contribution >= 4 is 16.8 Å². The zero-order valence-corrected chi connectivity index (χ0v) is 17.2. The van der Waals surface area contributed by atoms with E-state index in [2.05, 4.69) is 20.4 Å². The quantitative estimate of drug-likeness (QED) is 0.495. The lowest BCUT2D eigenvalue weighted by atomic mass is 10.0. The molecule has 0 saturated carbocycles. The molecule has 0 aliphatic heterocycles. The Morgan fingerprint density at radius 2 is 1.97 bits per heavy atom. The van der Waals surface area contributed by atoms with Crippen molar-refractivity contribution in [2.45, 2.75) is 32.4 Å². The van der Waals surface area contributed by atoms with Gasteiger partial charge < -0.3 is 10.4 Å². The van der Waals surface area contributed by atoms with Gasteiger partial charge in [0.2, 0.25) is 0 Å². The average molecular weight is 419 g/mol. The molecule has 2 N–H and O–H groups in total. The fraction of sp³-hybridized carbons (Fsp3) is 0.217. The number of nitrogens with zero attached hydrogens (tertiary/aromatic N) is 4. The third-order valence-corrected chi connectivity index (χ3v) is 5.16. The number of rotatable bonds is 6.